The van der Waals surface area contributed by atoms with E-state index in [9.17, 15) is 13.6 Å². The van der Waals surface area contributed by atoms with Gasteiger partial charge in [-0.1, -0.05) is 0 Å². The average Bonchev–Trinajstić information content (AvgIpc) is 3.40. The Labute approximate surface area is 170 Å². The number of hydrogen-bond acceptors (Lipinski definition) is 4. The number of halogens is 2. The lowest BCUT2D eigenvalue weighted by Gasteiger charge is -2.10. The van der Waals surface area contributed by atoms with Crippen LogP contribution in [0.3, 0.4) is 0 Å². The summed E-state index contributed by atoms with van der Waals surface area (Å²) in [6, 6.07) is 10.2. The predicted molar refractivity (Wildman–Crippen MR) is 108 cm³/mol. The van der Waals surface area contributed by atoms with E-state index in [1.54, 1.807) is 30.3 Å². The van der Waals surface area contributed by atoms with Gasteiger partial charge in [-0.25, -0.2) is 8.78 Å². The molecule has 0 spiro atoms. The maximum absolute atomic E-state index is 13.9. The van der Waals surface area contributed by atoms with Gasteiger partial charge in [0.1, 0.15) is 23.1 Å². The molecular formula is C22H17F2N3O3. The van der Waals surface area contributed by atoms with Crippen LogP contribution >= 0.6 is 0 Å². The minimum Gasteiger partial charge on any atom is -0.495 e. The molecule has 0 aliphatic carbocycles. The average molecular weight is 409 g/mol. The first-order valence-corrected chi connectivity index (χ1v) is 9.05. The molecule has 0 saturated heterocycles. The lowest BCUT2D eigenvalue weighted by molar-refractivity contribution is 0.0945. The molecule has 4 rings (SSSR count). The first-order chi connectivity index (χ1) is 14.6. The Morgan fingerprint density at radius 2 is 2.10 bits per heavy atom. The molecule has 0 atom stereocenters. The van der Waals surface area contributed by atoms with Crippen LogP contribution in [0.4, 0.5) is 8.78 Å². The van der Waals surface area contributed by atoms with Crippen LogP contribution in [-0.2, 0) is 6.54 Å². The van der Waals surface area contributed by atoms with E-state index in [2.05, 4.69) is 15.5 Å². The van der Waals surface area contributed by atoms with Gasteiger partial charge in [0.25, 0.3) is 5.91 Å². The number of H-pyrrole nitrogens is 1. The molecule has 0 aliphatic rings. The second-order valence-electron chi connectivity index (χ2n) is 6.44. The molecule has 2 heterocycles. The topological polar surface area (TPSA) is 80.1 Å². The van der Waals surface area contributed by atoms with Gasteiger partial charge in [0.2, 0.25) is 0 Å². The standard InChI is InChI=1S/C22H17F2N3O3/c1-29-21-16(22(28)25-12-15-3-2-10-30-15)7-9-19-20(21)18(26-27-19)8-5-13-4-6-14(23)11-17(13)24/h2-11H,12H2,1H3,(H,25,28)(H,26,27). The number of ether oxygens (including phenoxy) is 1. The zero-order valence-electron chi connectivity index (χ0n) is 15.9. The zero-order valence-corrected chi connectivity index (χ0v) is 15.9. The molecule has 2 aromatic carbocycles. The summed E-state index contributed by atoms with van der Waals surface area (Å²) >= 11 is 0. The SMILES string of the molecule is COc1c(C(=O)NCc2ccco2)ccc2[nH]nc(C=Cc3ccc(F)cc3F)c12. The maximum Gasteiger partial charge on any atom is 0.255 e. The summed E-state index contributed by atoms with van der Waals surface area (Å²) in [6.45, 7) is 0.231. The van der Waals surface area contributed by atoms with E-state index >= 15 is 0 Å². The first-order valence-electron chi connectivity index (χ1n) is 9.05. The third kappa shape index (κ3) is 3.80. The van der Waals surface area contributed by atoms with Crippen molar-refractivity contribution in [2.24, 2.45) is 0 Å². The Balaban J connectivity index is 1.67. The van der Waals surface area contributed by atoms with Gasteiger partial charge in [0, 0.05) is 11.6 Å². The summed E-state index contributed by atoms with van der Waals surface area (Å²) in [5.74, 6) is -0.724. The van der Waals surface area contributed by atoms with Gasteiger partial charge < -0.3 is 14.5 Å². The number of aromatic nitrogens is 2. The number of furan rings is 1. The van der Waals surface area contributed by atoms with Crippen molar-refractivity contribution in [3.8, 4) is 5.75 Å². The van der Waals surface area contributed by atoms with Gasteiger partial charge in [0.05, 0.1) is 42.1 Å². The van der Waals surface area contributed by atoms with Gasteiger partial charge >= 0.3 is 0 Å². The number of nitrogens with one attached hydrogen (secondary N) is 2. The molecule has 8 heteroatoms. The molecule has 0 fully saturated rings. The molecule has 6 nitrogen and oxygen atoms in total. The number of nitrogens with zero attached hydrogens (tertiary/aromatic N) is 1. The molecule has 2 N–H and O–H groups in total. The van der Waals surface area contributed by atoms with Crippen molar-refractivity contribution >= 4 is 29.0 Å². The second-order valence-corrected chi connectivity index (χ2v) is 6.44. The number of benzene rings is 2. The lowest BCUT2D eigenvalue weighted by Crippen LogP contribution is -2.23. The lowest BCUT2D eigenvalue weighted by atomic mass is 10.1. The van der Waals surface area contributed by atoms with E-state index in [4.69, 9.17) is 9.15 Å². The molecule has 1 amide bonds. The number of fused-ring (bicyclic) bond motifs is 1. The fourth-order valence-corrected chi connectivity index (χ4v) is 3.10. The number of hydrogen-bond donors (Lipinski definition) is 2. The van der Waals surface area contributed by atoms with Gasteiger partial charge in [-0.05, 0) is 48.6 Å². The molecule has 0 radical (unpaired) electrons. The molecule has 0 unspecified atom stereocenters. The third-order valence-electron chi connectivity index (χ3n) is 4.55. The largest absolute Gasteiger partial charge is 0.495 e. The number of aromatic amines is 1. The van der Waals surface area contributed by atoms with Crippen LogP contribution in [0, 0.1) is 11.6 Å². The van der Waals surface area contributed by atoms with Crippen molar-refractivity contribution in [3.05, 3.63) is 82.9 Å². The van der Waals surface area contributed by atoms with E-state index in [0.717, 1.165) is 6.07 Å². The molecular weight excluding hydrogens is 392 g/mol. The zero-order chi connectivity index (χ0) is 21.1. The molecule has 2 aromatic heterocycles. The number of carbonyl (C=O) groups excluding carboxylic acids is 1. The summed E-state index contributed by atoms with van der Waals surface area (Å²) in [4.78, 5) is 12.7. The van der Waals surface area contributed by atoms with Crippen LogP contribution in [-0.4, -0.2) is 23.2 Å². The second kappa shape index (κ2) is 8.20. The van der Waals surface area contributed by atoms with E-state index in [-0.39, 0.29) is 18.0 Å². The van der Waals surface area contributed by atoms with Crippen LogP contribution in [0.25, 0.3) is 23.1 Å². The summed E-state index contributed by atoms with van der Waals surface area (Å²) < 4.78 is 37.7. The Hall–Kier alpha value is -3.94. The van der Waals surface area contributed by atoms with Gasteiger partial charge in [-0.15, -0.1) is 0 Å². The molecule has 4 aromatic rings. The fourth-order valence-electron chi connectivity index (χ4n) is 3.10. The van der Waals surface area contributed by atoms with E-state index in [1.807, 2.05) is 0 Å². The minimum atomic E-state index is -0.684. The number of carbonyl (C=O) groups is 1. The predicted octanol–water partition coefficient (Wildman–Crippen LogP) is 4.54. The smallest absolute Gasteiger partial charge is 0.255 e. The van der Waals surface area contributed by atoms with Gasteiger partial charge in [-0.3, -0.25) is 9.89 Å². The number of rotatable bonds is 6. The van der Waals surface area contributed by atoms with Crippen molar-refractivity contribution in [3.63, 3.8) is 0 Å². The highest BCUT2D eigenvalue weighted by atomic mass is 19.1. The van der Waals surface area contributed by atoms with Crippen LogP contribution in [0.2, 0.25) is 0 Å². The third-order valence-corrected chi connectivity index (χ3v) is 4.55. The van der Waals surface area contributed by atoms with Gasteiger partial charge in [-0.2, -0.15) is 5.10 Å². The van der Waals surface area contributed by atoms with Crippen LogP contribution in [0.15, 0.2) is 53.1 Å². The molecule has 0 bridgehead atoms. The van der Waals surface area contributed by atoms with Crippen LogP contribution < -0.4 is 10.1 Å². The molecule has 30 heavy (non-hydrogen) atoms. The summed E-state index contributed by atoms with van der Waals surface area (Å²) in [7, 11) is 1.46. The Kier molecular flexibility index (Phi) is 5.30. The monoisotopic (exact) mass is 409 g/mol. The highest BCUT2D eigenvalue weighted by molar-refractivity contribution is 6.05. The first kappa shape index (κ1) is 19.4. The number of amides is 1. The van der Waals surface area contributed by atoms with Crippen LogP contribution in [0.1, 0.15) is 27.4 Å². The maximum atomic E-state index is 13.9. The molecule has 152 valence electrons. The minimum absolute atomic E-state index is 0.207. The van der Waals surface area contributed by atoms with E-state index < -0.39 is 11.6 Å². The fraction of sp³-hybridized carbons (Fsp3) is 0.0909. The van der Waals surface area contributed by atoms with Gasteiger partial charge in [0.15, 0.2) is 0 Å². The van der Waals surface area contributed by atoms with Crippen molar-refractivity contribution in [1.29, 1.82) is 0 Å². The summed E-state index contributed by atoms with van der Waals surface area (Å²) in [5.41, 5.74) is 1.62. The van der Waals surface area contributed by atoms with Crippen molar-refractivity contribution in [2.75, 3.05) is 7.11 Å². The molecule has 0 saturated carbocycles. The Morgan fingerprint density at radius 1 is 1.23 bits per heavy atom. The normalized spacial score (nSPS) is 11.3. The number of methoxy groups -OCH3 is 1. The highest BCUT2D eigenvalue weighted by Gasteiger charge is 2.19. The Bertz CT molecular complexity index is 1230. The quantitative estimate of drug-likeness (QED) is 0.490. The van der Waals surface area contributed by atoms with Crippen molar-refractivity contribution in [1.82, 2.24) is 15.5 Å². The van der Waals surface area contributed by atoms with Crippen molar-refractivity contribution in [2.45, 2.75) is 6.54 Å². The highest BCUT2D eigenvalue weighted by Crippen LogP contribution is 2.32. The van der Waals surface area contributed by atoms with Crippen molar-refractivity contribution < 1.29 is 22.7 Å². The van der Waals surface area contributed by atoms with E-state index in [1.165, 1.54) is 31.6 Å². The summed E-state index contributed by atoms with van der Waals surface area (Å²) in [6.07, 6.45) is 4.58. The Morgan fingerprint density at radius 3 is 2.83 bits per heavy atom. The summed E-state index contributed by atoms with van der Waals surface area (Å²) in [5, 5.41) is 10.4. The molecule has 0 aliphatic heterocycles. The van der Waals surface area contributed by atoms with Crippen LogP contribution in [0.5, 0.6) is 5.75 Å². The van der Waals surface area contributed by atoms with E-state index in [0.29, 0.717) is 33.7 Å².